The minimum atomic E-state index is -3.53. The van der Waals surface area contributed by atoms with Crippen molar-refractivity contribution >= 4 is 15.6 Å². The molecule has 1 aliphatic heterocycles. The van der Waals surface area contributed by atoms with Crippen LogP contribution in [0.2, 0.25) is 0 Å². The molecule has 0 N–H and O–H groups in total. The maximum absolute atomic E-state index is 12.3. The lowest BCUT2D eigenvalue weighted by molar-refractivity contribution is -0.120. The Labute approximate surface area is 151 Å². The quantitative estimate of drug-likeness (QED) is 0.664. The summed E-state index contributed by atoms with van der Waals surface area (Å²) in [5.74, 6) is -0.806. The molecule has 1 unspecified atom stereocenters. The molecule has 25 heavy (non-hydrogen) atoms. The van der Waals surface area contributed by atoms with Crippen molar-refractivity contribution in [2.24, 2.45) is 5.92 Å². The number of nitrogens with zero attached hydrogens (tertiary/aromatic N) is 1. The van der Waals surface area contributed by atoms with Gasteiger partial charge in [-0.3, -0.25) is 9.69 Å². The molecule has 0 radical (unpaired) electrons. The van der Waals surface area contributed by atoms with Crippen molar-refractivity contribution < 1.29 is 13.2 Å². The topological polar surface area (TPSA) is 54.5 Å². The Morgan fingerprint density at radius 1 is 1.16 bits per heavy atom. The van der Waals surface area contributed by atoms with Crippen LogP contribution in [-0.4, -0.2) is 44.5 Å². The van der Waals surface area contributed by atoms with Gasteiger partial charge in [0.25, 0.3) is 0 Å². The molecule has 0 fully saturated rings. The molecule has 138 valence electrons. The van der Waals surface area contributed by atoms with Crippen LogP contribution < -0.4 is 0 Å². The number of rotatable bonds is 8. The Morgan fingerprint density at radius 2 is 1.84 bits per heavy atom. The zero-order valence-corrected chi connectivity index (χ0v) is 16.3. The summed E-state index contributed by atoms with van der Waals surface area (Å²) in [6.07, 6.45) is 2.78. The maximum Gasteiger partial charge on any atom is 0.185 e. The number of ketones is 1. The van der Waals surface area contributed by atoms with Gasteiger partial charge in [0.2, 0.25) is 0 Å². The molecule has 1 aliphatic rings. The summed E-state index contributed by atoms with van der Waals surface area (Å²) in [5.41, 5.74) is 2.94. The van der Waals surface area contributed by atoms with E-state index in [1.54, 1.807) is 30.3 Å². The van der Waals surface area contributed by atoms with E-state index in [1.165, 1.54) is 11.1 Å². The monoisotopic (exact) mass is 363 g/mol. The minimum Gasteiger partial charge on any atom is -0.299 e. The molecule has 1 aromatic rings. The maximum atomic E-state index is 12.3. The van der Waals surface area contributed by atoms with Crippen molar-refractivity contribution in [2.75, 3.05) is 25.4 Å². The summed E-state index contributed by atoms with van der Waals surface area (Å²) in [5, 5.41) is 0. The third-order valence-electron chi connectivity index (χ3n) is 5.09. The van der Waals surface area contributed by atoms with Crippen LogP contribution in [0.1, 0.15) is 40.0 Å². The second-order valence-corrected chi connectivity index (χ2v) is 9.16. The highest BCUT2D eigenvalue weighted by molar-refractivity contribution is 7.92. The highest BCUT2D eigenvalue weighted by atomic mass is 32.2. The number of carbonyl (C=O) groups excluding carboxylic acids is 1. The Balaban J connectivity index is 1.79. The second kappa shape index (κ2) is 8.77. The molecule has 1 atom stereocenters. The number of Topliss-reactive ketones (excluding diaryl/α,β-unsaturated/α-hetero) is 1. The molecule has 0 spiro atoms. The van der Waals surface area contributed by atoms with E-state index in [2.05, 4.69) is 18.7 Å². The molecule has 0 saturated heterocycles. The largest absolute Gasteiger partial charge is 0.299 e. The Hall–Kier alpha value is -1.46. The Morgan fingerprint density at radius 3 is 2.48 bits per heavy atom. The molecule has 0 aliphatic carbocycles. The Bertz CT molecular complexity index is 723. The van der Waals surface area contributed by atoms with Crippen LogP contribution in [0, 0.1) is 5.92 Å². The molecule has 1 heterocycles. The Kier molecular flexibility index (Phi) is 6.96. The van der Waals surface area contributed by atoms with Crippen LogP contribution in [0.15, 0.2) is 46.4 Å². The van der Waals surface area contributed by atoms with Gasteiger partial charge in [0.1, 0.15) is 5.75 Å². The summed E-state index contributed by atoms with van der Waals surface area (Å²) in [6.45, 7) is 9.27. The van der Waals surface area contributed by atoms with Gasteiger partial charge >= 0.3 is 0 Å². The van der Waals surface area contributed by atoms with Gasteiger partial charge in [-0.05, 0) is 51.8 Å². The fourth-order valence-electron chi connectivity index (χ4n) is 3.10. The van der Waals surface area contributed by atoms with E-state index in [1.807, 2.05) is 6.92 Å². The minimum absolute atomic E-state index is 0.186. The van der Waals surface area contributed by atoms with Gasteiger partial charge in [-0.2, -0.15) is 0 Å². The number of carbonyl (C=O) groups is 1. The first kappa shape index (κ1) is 19.9. The van der Waals surface area contributed by atoms with Crippen LogP contribution >= 0.6 is 0 Å². The fourth-order valence-corrected chi connectivity index (χ4v) is 4.50. The van der Waals surface area contributed by atoms with E-state index in [-0.39, 0.29) is 16.6 Å². The van der Waals surface area contributed by atoms with Crippen molar-refractivity contribution in [1.82, 2.24) is 4.90 Å². The molecule has 1 aromatic carbocycles. The fraction of sp³-hybridized carbons (Fsp3) is 0.550. The highest BCUT2D eigenvalue weighted by Gasteiger charge is 2.23. The van der Waals surface area contributed by atoms with Crippen molar-refractivity contribution in [3.05, 3.63) is 41.5 Å². The van der Waals surface area contributed by atoms with E-state index >= 15 is 0 Å². The third kappa shape index (κ3) is 5.79. The smallest absolute Gasteiger partial charge is 0.185 e. The lowest BCUT2D eigenvalue weighted by Gasteiger charge is -2.28. The summed E-state index contributed by atoms with van der Waals surface area (Å²) in [7, 11) is -3.53. The highest BCUT2D eigenvalue weighted by Crippen LogP contribution is 2.18. The SMILES string of the molecule is CC1=C(C)CN(CCCC(C)C(=O)CS(=O)(=O)c2ccccc2)CC1. The average molecular weight is 364 g/mol. The number of hydrogen-bond donors (Lipinski definition) is 0. The van der Waals surface area contributed by atoms with Crippen molar-refractivity contribution in [3.8, 4) is 0 Å². The van der Waals surface area contributed by atoms with Crippen LogP contribution in [0.25, 0.3) is 0 Å². The van der Waals surface area contributed by atoms with Crippen molar-refractivity contribution in [1.29, 1.82) is 0 Å². The molecule has 0 bridgehead atoms. The summed E-state index contributed by atoms with van der Waals surface area (Å²) < 4.78 is 24.6. The normalized spacial score (nSPS) is 17.6. The summed E-state index contributed by atoms with van der Waals surface area (Å²) in [4.78, 5) is 14.9. The molecule has 0 aromatic heterocycles. The average Bonchev–Trinajstić information content (AvgIpc) is 2.58. The molecule has 2 rings (SSSR count). The summed E-state index contributed by atoms with van der Waals surface area (Å²) >= 11 is 0. The molecular weight excluding hydrogens is 334 g/mol. The first-order chi connectivity index (χ1) is 11.8. The third-order valence-corrected chi connectivity index (χ3v) is 6.74. The molecular formula is C20H29NO3S. The standard InChI is InChI=1S/C20H29NO3S/c1-16-11-13-21(14-18(16)3)12-7-8-17(2)20(22)15-25(23,24)19-9-5-4-6-10-19/h4-6,9-10,17H,7-8,11-15H2,1-3H3. The first-order valence-corrected chi connectivity index (χ1v) is 10.6. The molecule has 5 heteroatoms. The van der Waals surface area contributed by atoms with Crippen LogP contribution in [0.5, 0.6) is 0 Å². The zero-order chi connectivity index (χ0) is 18.4. The summed E-state index contributed by atoms with van der Waals surface area (Å²) in [6, 6.07) is 8.21. The van der Waals surface area contributed by atoms with Crippen LogP contribution in [-0.2, 0) is 14.6 Å². The second-order valence-electron chi connectivity index (χ2n) is 7.17. The number of sulfone groups is 1. The zero-order valence-electron chi connectivity index (χ0n) is 15.5. The van der Waals surface area contributed by atoms with E-state index < -0.39 is 15.6 Å². The molecule has 0 saturated carbocycles. The van der Waals surface area contributed by atoms with Crippen LogP contribution in [0.4, 0.5) is 0 Å². The predicted molar refractivity (Wildman–Crippen MR) is 101 cm³/mol. The van der Waals surface area contributed by atoms with Gasteiger partial charge in [-0.1, -0.05) is 36.3 Å². The van der Waals surface area contributed by atoms with Gasteiger partial charge in [0.05, 0.1) is 4.90 Å². The first-order valence-electron chi connectivity index (χ1n) is 8.97. The predicted octanol–water partition coefficient (Wildman–Crippen LogP) is 3.49. The van der Waals surface area contributed by atoms with Gasteiger partial charge < -0.3 is 0 Å². The lowest BCUT2D eigenvalue weighted by Crippen LogP contribution is -2.32. The number of hydrogen-bond acceptors (Lipinski definition) is 4. The molecule has 0 amide bonds. The lowest BCUT2D eigenvalue weighted by atomic mass is 10.00. The van der Waals surface area contributed by atoms with E-state index in [0.29, 0.717) is 0 Å². The van der Waals surface area contributed by atoms with Gasteiger partial charge in [0.15, 0.2) is 15.6 Å². The van der Waals surface area contributed by atoms with E-state index in [9.17, 15) is 13.2 Å². The number of benzene rings is 1. The van der Waals surface area contributed by atoms with Crippen molar-refractivity contribution in [2.45, 2.75) is 44.9 Å². The van der Waals surface area contributed by atoms with Crippen molar-refractivity contribution in [3.63, 3.8) is 0 Å². The molecule has 4 nitrogen and oxygen atoms in total. The van der Waals surface area contributed by atoms with E-state index in [4.69, 9.17) is 0 Å². The van der Waals surface area contributed by atoms with E-state index in [0.717, 1.165) is 38.9 Å². The van der Waals surface area contributed by atoms with Gasteiger partial charge in [0, 0.05) is 19.0 Å². The van der Waals surface area contributed by atoms with Gasteiger partial charge in [-0.15, -0.1) is 0 Å². The van der Waals surface area contributed by atoms with Gasteiger partial charge in [-0.25, -0.2) is 8.42 Å². The van der Waals surface area contributed by atoms with Crippen LogP contribution in [0.3, 0.4) is 0 Å².